The van der Waals surface area contributed by atoms with Gasteiger partial charge in [-0.15, -0.1) is 0 Å². The molecule has 1 aliphatic rings. The molecule has 0 saturated heterocycles. The number of halogens is 1. The molecule has 0 unspecified atom stereocenters. The van der Waals surface area contributed by atoms with Crippen molar-refractivity contribution >= 4 is 5.69 Å². The first-order valence-corrected chi connectivity index (χ1v) is 7.52. The van der Waals surface area contributed by atoms with Crippen LogP contribution in [0.2, 0.25) is 0 Å². The van der Waals surface area contributed by atoms with Gasteiger partial charge in [0.05, 0.1) is 5.69 Å². The van der Waals surface area contributed by atoms with Crippen LogP contribution in [0.25, 0.3) is 0 Å². The molecule has 0 saturated carbocycles. The largest absolute Gasteiger partial charge is 0.365 e. The molecular formula is C18H21FN2. The molecular weight excluding hydrogens is 263 g/mol. The van der Waals surface area contributed by atoms with Crippen molar-refractivity contribution in [1.82, 2.24) is 0 Å². The predicted molar refractivity (Wildman–Crippen MR) is 84.8 cm³/mol. The number of hydrogen-bond donors (Lipinski definition) is 1. The lowest BCUT2D eigenvalue weighted by atomic mass is 10.0. The van der Waals surface area contributed by atoms with Gasteiger partial charge in [0.2, 0.25) is 0 Å². The third-order valence-electron chi connectivity index (χ3n) is 4.18. The standard InChI is InChI=1S/C18H21FN2/c1-13(20)16-9-4-10-17(19)18(16)21-11-5-8-14-6-2-3-7-15(14)12-21/h2-4,6-7,9-10,13H,5,8,11-12,20H2,1H3/t13-/m0/s1. The number of para-hydroxylation sites is 1. The predicted octanol–water partition coefficient (Wildman–Crippen LogP) is 3.80. The van der Waals surface area contributed by atoms with Gasteiger partial charge in [0.25, 0.3) is 0 Å². The monoisotopic (exact) mass is 284 g/mol. The lowest BCUT2D eigenvalue weighted by Crippen LogP contribution is -2.26. The average Bonchev–Trinajstić information content (AvgIpc) is 2.68. The summed E-state index contributed by atoms with van der Waals surface area (Å²) in [5.74, 6) is -0.177. The molecule has 0 spiro atoms. The summed E-state index contributed by atoms with van der Waals surface area (Å²) in [4.78, 5) is 2.14. The van der Waals surface area contributed by atoms with Crippen molar-refractivity contribution in [3.63, 3.8) is 0 Å². The summed E-state index contributed by atoms with van der Waals surface area (Å²) in [5, 5.41) is 0. The highest BCUT2D eigenvalue weighted by atomic mass is 19.1. The first-order valence-electron chi connectivity index (χ1n) is 7.52. The first-order chi connectivity index (χ1) is 10.2. The van der Waals surface area contributed by atoms with E-state index in [9.17, 15) is 4.39 Å². The lowest BCUT2D eigenvalue weighted by Gasteiger charge is -2.27. The Balaban J connectivity index is 2.02. The minimum atomic E-state index is -0.177. The molecule has 3 heteroatoms. The first kappa shape index (κ1) is 14.1. The molecule has 2 N–H and O–H groups in total. The number of fused-ring (bicyclic) bond motifs is 1. The van der Waals surface area contributed by atoms with Gasteiger partial charge in [-0.05, 0) is 42.5 Å². The number of nitrogens with two attached hydrogens (primary N) is 1. The molecule has 110 valence electrons. The normalized spacial score (nSPS) is 16.2. The summed E-state index contributed by atoms with van der Waals surface area (Å²) >= 11 is 0. The molecule has 2 aromatic carbocycles. The molecule has 0 aromatic heterocycles. The highest BCUT2D eigenvalue weighted by molar-refractivity contribution is 5.57. The maximum absolute atomic E-state index is 14.4. The second-order valence-corrected chi connectivity index (χ2v) is 5.76. The van der Waals surface area contributed by atoms with Gasteiger partial charge in [-0.25, -0.2) is 4.39 Å². The fourth-order valence-corrected chi connectivity index (χ4v) is 3.12. The molecule has 0 amide bonds. The Hall–Kier alpha value is -1.87. The molecule has 1 heterocycles. The van der Waals surface area contributed by atoms with Crippen LogP contribution in [-0.4, -0.2) is 6.54 Å². The Labute approximate surface area is 125 Å². The van der Waals surface area contributed by atoms with Gasteiger partial charge in [-0.3, -0.25) is 0 Å². The minimum Gasteiger partial charge on any atom is -0.365 e. The summed E-state index contributed by atoms with van der Waals surface area (Å²) in [5.41, 5.74) is 10.2. The molecule has 2 aromatic rings. The van der Waals surface area contributed by atoms with Crippen LogP contribution in [0.4, 0.5) is 10.1 Å². The number of nitrogens with zero attached hydrogens (tertiary/aromatic N) is 1. The average molecular weight is 284 g/mol. The third-order valence-corrected chi connectivity index (χ3v) is 4.18. The van der Waals surface area contributed by atoms with Gasteiger partial charge >= 0.3 is 0 Å². The maximum atomic E-state index is 14.4. The van der Waals surface area contributed by atoms with E-state index in [0.29, 0.717) is 5.69 Å². The van der Waals surface area contributed by atoms with E-state index in [0.717, 1.165) is 31.5 Å². The Morgan fingerprint density at radius 2 is 1.86 bits per heavy atom. The van der Waals surface area contributed by atoms with Gasteiger partial charge in [0.1, 0.15) is 5.82 Å². The van der Waals surface area contributed by atoms with Gasteiger partial charge in [-0.2, -0.15) is 0 Å². The van der Waals surface area contributed by atoms with Crippen molar-refractivity contribution in [2.24, 2.45) is 5.73 Å². The number of rotatable bonds is 2. The van der Waals surface area contributed by atoms with Crippen molar-refractivity contribution in [3.05, 3.63) is 65.0 Å². The molecule has 0 fully saturated rings. The van der Waals surface area contributed by atoms with Gasteiger partial charge in [-0.1, -0.05) is 36.4 Å². The van der Waals surface area contributed by atoms with E-state index in [1.165, 1.54) is 17.2 Å². The van der Waals surface area contributed by atoms with Gasteiger partial charge in [0, 0.05) is 19.1 Å². The summed E-state index contributed by atoms with van der Waals surface area (Å²) in [6, 6.07) is 13.5. The minimum absolute atomic E-state index is 0.172. The zero-order chi connectivity index (χ0) is 14.8. The van der Waals surface area contributed by atoms with Crippen molar-refractivity contribution in [2.45, 2.75) is 32.4 Å². The van der Waals surface area contributed by atoms with E-state index in [1.807, 2.05) is 13.0 Å². The summed E-state index contributed by atoms with van der Waals surface area (Å²) in [7, 11) is 0. The summed E-state index contributed by atoms with van der Waals surface area (Å²) < 4.78 is 14.4. The van der Waals surface area contributed by atoms with Crippen molar-refractivity contribution in [1.29, 1.82) is 0 Å². The van der Waals surface area contributed by atoms with Crippen molar-refractivity contribution in [3.8, 4) is 0 Å². The fourth-order valence-electron chi connectivity index (χ4n) is 3.12. The zero-order valence-corrected chi connectivity index (χ0v) is 12.3. The SMILES string of the molecule is C[C@H](N)c1cccc(F)c1N1CCCc2ccccc2C1. The second-order valence-electron chi connectivity index (χ2n) is 5.76. The van der Waals surface area contributed by atoms with E-state index in [2.05, 4.69) is 29.2 Å². The molecule has 21 heavy (non-hydrogen) atoms. The van der Waals surface area contributed by atoms with E-state index in [4.69, 9.17) is 5.73 Å². The molecule has 2 nitrogen and oxygen atoms in total. The van der Waals surface area contributed by atoms with Crippen LogP contribution in [0, 0.1) is 5.82 Å². The molecule has 1 aliphatic heterocycles. The van der Waals surface area contributed by atoms with Gasteiger partial charge in [0.15, 0.2) is 0 Å². The Morgan fingerprint density at radius 3 is 2.62 bits per heavy atom. The van der Waals surface area contributed by atoms with E-state index >= 15 is 0 Å². The quantitative estimate of drug-likeness (QED) is 0.909. The molecule has 0 bridgehead atoms. The Kier molecular flexibility index (Phi) is 3.93. The van der Waals surface area contributed by atoms with Crippen LogP contribution in [0.3, 0.4) is 0 Å². The summed E-state index contributed by atoms with van der Waals surface area (Å²) in [6.07, 6.45) is 2.08. The van der Waals surface area contributed by atoms with Crippen LogP contribution in [0.1, 0.15) is 36.1 Å². The zero-order valence-electron chi connectivity index (χ0n) is 12.3. The summed E-state index contributed by atoms with van der Waals surface area (Å²) in [6.45, 7) is 3.51. The number of aryl methyl sites for hydroxylation is 1. The maximum Gasteiger partial charge on any atom is 0.146 e. The van der Waals surface area contributed by atoms with Crippen LogP contribution in [0.5, 0.6) is 0 Å². The number of anilines is 1. The number of hydrogen-bond acceptors (Lipinski definition) is 2. The number of benzene rings is 2. The molecule has 3 rings (SSSR count). The van der Waals surface area contributed by atoms with Crippen LogP contribution in [0.15, 0.2) is 42.5 Å². The van der Waals surface area contributed by atoms with Crippen molar-refractivity contribution in [2.75, 3.05) is 11.4 Å². The van der Waals surface area contributed by atoms with Crippen LogP contribution in [-0.2, 0) is 13.0 Å². The Morgan fingerprint density at radius 1 is 1.10 bits per heavy atom. The molecule has 0 aliphatic carbocycles. The van der Waals surface area contributed by atoms with Crippen LogP contribution < -0.4 is 10.6 Å². The van der Waals surface area contributed by atoms with E-state index in [-0.39, 0.29) is 11.9 Å². The highest BCUT2D eigenvalue weighted by Gasteiger charge is 2.21. The third kappa shape index (κ3) is 2.79. The lowest BCUT2D eigenvalue weighted by molar-refractivity contribution is 0.608. The van der Waals surface area contributed by atoms with Crippen LogP contribution >= 0.6 is 0 Å². The topological polar surface area (TPSA) is 29.3 Å². The second kappa shape index (κ2) is 5.86. The fraction of sp³-hybridized carbons (Fsp3) is 0.333. The Bertz CT molecular complexity index is 637. The smallest absolute Gasteiger partial charge is 0.146 e. The van der Waals surface area contributed by atoms with E-state index in [1.54, 1.807) is 6.07 Å². The van der Waals surface area contributed by atoms with Crippen molar-refractivity contribution < 1.29 is 4.39 Å². The van der Waals surface area contributed by atoms with Gasteiger partial charge < -0.3 is 10.6 Å². The molecule has 1 atom stereocenters. The highest BCUT2D eigenvalue weighted by Crippen LogP contribution is 2.31. The molecule has 0 radical (unpaired) electrons. The van der Waals surface area contributed by atoms with E-state index < -0.39 is 0 Å².